The Hall–Kier alpha value is -1.98. The predicted molar refractivity (Wildman–Crippen MR) is 103 cm³/mol. The Morgan fingerprint density at radius 2 is 1.89 bits per heavy atom. The standard InChI is InChI=1S/C21H30N4O2/c1-14-16-10-12-18(26)24(2)21(16)23-20(22-14)17-8-5-13-25(17)19(27)11-9-15-6-3-4-7-15/h15,17H,3-13H2,1-2H3/t17-/m1/s1. The van der Waals surface area contributed by atoms with E-state index in [1.165, 1.54) is 25.7 Å². The van der Waals surface area contributed by atoms with E-state index in [0.717, 1.165) is 48.8 Å². The maximum atomic E-state index is 12.9. The molecule has 27 heavy (non-hydrogen) atoms. The van der Waals surface area contributed by atoms with Gasteiger partial charge in [0.1, 0.15) is 5.82 Å². The second kappa shape index (κ2) is 7.56. The number of anilines is 1. The molecule has 2 aliphatic heterocycles. The van der Waals surface area contributed by atoms with E-state index in [4.69, 9.17) is 9.97 Å². The Morgan fingerprint density at radius 1 is 1.11 bits per heavy atom. The van der Waals surface area contributed by atoms with E-state index in [9.17, 15) is 9.59 Å². The molecule has 1 aliphatic carbocycles. The summed E-state index contributed by atoms with van der Waals surface area (Å²) >= 11 is 0. The number of nitrogens with zero attached hydrogens (tertiary/aromatic N) is 4. The largest absolute Gasteiger partial charge is 0.332 e. The van der Waals surface area contributed by atoms with Crippen molar-refractivity contribution in [3.63, 3.8) is 0 Å². The molecule has 2 fully saturated rings. The number of hydrogen-bond acceptors (Lipinski definition) is 4. The molecule has 1 saturated heterocycles. The number of aryl methyl sites for hydroxylation is 1. The fourth-order valence-electron chi connectivity index (χ4n) is 4.94. The van der Waals surface area contributed by atoms with Gasteiger partial charge in [-0.25, -0.2) is 9.97 Å². The molecule has 2 amide bonds. The van der Waals surface area contributed by atoms with Crippen molar-refractivity contribution in [3.05, 3.63) is 17.1 Å². The Balaban J connectivity index is 1.52. The highest BCUT2D eigenvalue weighted by Gasteiger charge is 2.34. The molecule has 3 heterocycles. The summed E-state index contributed by atoms with van der Waals surface area (Å²) in [4.78, 5) is 38.1. The average molecular weight is 370 g/mol. The molecule has 146 valence electrons. The quantitative estimate of drug-likeness (QED) is 0.815. The van der Waals surface area contributed by atoms with Crippen LogP contribution in [0.2, 0.25) is 0 Å². The van der Waals surface area contributed by atoms with Gasteiger partial charge in [-0.15, -0.1) is 0 Å². The molecule has 1 saturated carbocycles. The van der Waals surface area contributed by atoms with E-state index < -0.39 is 0 Å². The van der Waals surface area contributed by atoms with Gasteiger partial charge in [0, 0.05) is 37.7 Å². The molecule has 0 aromatic carbocycles. The molecule has 0 radical (unpaired) electrons. The van der Waals surface area contributed by atoms with Crippen LogP contribution in [0.4, 0.5) is 5.82 Å². The van der Waals surface area contributed by atoms with Crippen LogP contribution in [0.5, 0.6) is 0 Å². The molecule has 0 unspecified atom stereocenters. The van der Waals surface area contributed by atoms with Gasteiger partial charge < -0.3 is 4.90 Å². The highest BCUT2D eigenvalue weighted by atomic mass is 16.2. The third-order valence-electron chi connectivity index (χ3n) is 6.60. The minimum absolute atomic E-state index is 0.0458. The predicted octanol–water partition coefficient (Wildman–Crippen LogP) is 3.33. The number of amides is 2. The molecule has 3 aliphatic rings. The summed E-state index contributed by atoms with van der Waals surface area (Å²) < 4.78 is 0. The van der Waals surface area contributed by atoms with Crippen LogP contribution < -0.4 is 4.90 Å². The summed E-state index contributed by atoms with van der Waals surface area (Å²) in [6.45, 7) is 2.79. The lowest BCUT2D eigenvalue weighted by atomic mass is 10.0. The van der Waals surface area contributed by atoms with Crippen LogP contribution in [0.15, 0.2) is 0 Å². The van der Waals surface area contributed by atoms with Crippen molar-refractivity contribution in [3.8, 4) is 0 Å². The molecule has 1 aromatic rings. The monoisotopic (exact) mass is 370 g/mol. The van der Waals surface area contributed by atoms with Crippen LogP contribution >= 0.6 is 0 Å². The molecule has 0 N–H and O–H groups in total. The van der Waals surface area contributed by atoms with Crippen LogP contribution in [0.25, 0.3) is 0 Å². The molecule has 0 spiro atoms. The maximum absolute atomic E-state index is 12.9. The molecular formula is C21H30N4O2. The average Bonchev–Trinajstić information content (AvgIpc) is 3.34. The van der Waals surface area contributed by atoms with Crippen molar-refractivity contribution in [1.29, 1.82) is 0 Å². The topological polar surface area (TPSA) is 66.4 Å². The van der Waals surface area contributed by atoms with E-state index in [2.05, 4.69) is 0 Å². The smallest absolute Gasteiger partial charge is 0.228 e. The Bertz CT molecular complexity index is 742. The zero-order valence-corrected chi connectivity index (χ0v) is 16.5. The fraction of sp³-hybridized carbons (Fsp3) is 0.714. The summed E-state index contributed by atoms with van der Waals surface area (Å²) in [5.41, 5.74) is 2.01. The first-order chi connectivity index (χ1) is 13.0. The lowest BCUT2D eigenvalue weighted by Crippen LogP contribution is -2.35. The van der Waals surface area contributed by atoms with Crippen molar-refractivity contribution < 1.29 is 9.59 Å². The summed E-state index contributed by atoms with van der Waals surface area (Å²) in [6, 6.07) is -0.0458. The molecule has 0 bridgehead atoms. The van der Waals surface area contributed by atoms with Gasteiger partial charge >= 0.3 is 0 Å². The van der Waals surface area contributed by atoms with Crippen molar-refractivity contribution >= 4 is 17.6 Å². The number of likely N-dealkylation sites (tertiary alicyclic amines) is 1. The number of hydrogen-bond donors (Lipinski definition) is 0. The van der Waals surface area contributed by atoms with Gasteiger partial charge in [-0.1, -0.05) is 25.7 Å². The van der Waals surface area contributed by atoms with E-state index >= 15 is 0 Å². The van der Waals surface area contributed by atoms with E-state index in [0.29, 0.717) is 25.1 Å². The molecule has 1 atom stereocenters. The van der Waals surface area contributed by atoms with Crippen LogP contribution in [-0.4, -0.2) is 40.3 Å². The SMILES string of the molecule is Cc1nc([C@H]2CCCN2C(=O)CCC2CCCC2)nc2c1CCC(=O)N2C. The second-order valence-electron chi connectivity index (χ2n) is 8.36. The van der Waals surface area contributed by atoms with Gasteiger partial charge in [-0.2, -0.15) is 0 Å². The molecular weight excluding hydrogens is 340 g/mol. The second-order valence-corrected chi connectivity index (χ2v) is 8.36. The maximum Gasteiger partial charge on any atom is 0.228 e. The van der Waals surface area contributed by atoms with Crippen LogP contribution in [0, 0.1) is 12.8 Å². The zero-order valence-electron chi connectivity index (χ0n) is 16.5. The number of carbonyl (C=O) groups is 2. The summed E-state index contributed by atoms with van der Waals surface area (Å²) in [5, 5.41) is 0. The van der Waals surface area contributed by atoms with Crippen LogP contribution in [0.1, 0.15) is 80.9 Å². The minimum Gasteiger partial charge on any atom is -0.332 e. The molecule has 4 rings (SSSR count). The normalized spacial score (nSPS) is 23.2. The Morgan fingerprint density at radius 3 is 2.67 bits per heavy atom. The highest BCUT2D eigenvalue weighted by molar-refractivity contribution is 5.94. The van der Waals surface area contributed by atoms with Gasteiger partial charge in [-0.05, 0) is 38.5 Å². The third-order valence-corrected chi connectivity index (χ3v) is 6.60. The molecule has 1 aromatic heterocycles. The van der Waals surface area contributed by atoms with Gasteiger partial charge in [-0.3, -0.25) is 14.5 Å². The van der Waals surface area contributed by atoms with Gasteiger partial charge in [0.05, 0.1) is 6.04 Å². The lowest BCUT2D eigenvalue weighted by Gasteiger charge is -2.29. The van der Waals surface area contributed by atoms with E-state index in [-0.39, 0.29) is 17.9 Å². The summed E-state index contributed by atoms with van der Waals surface area (Å²) in [7, 11) is 1.79. The van der Waals surface area contributed by atoms with Crippen LogP contribution in [0.3, 0.4) is 0 Å². The van der Waals surface area contributed by atoms with Crippen molar-refractivity contribution in [2.45, 2.75) is 77.2 Å². The van der Waals surface area contributed by atoms with Crippen LogP contribution in [-0.2, 0) is 16.0 Å². The first kappa shape index (κ1) is 18.4. The lowest BCUT2D eigenvalue weighted by molar-refractivity contribution is -0.132. The fourth-order valence-corrected chi connectivity index (χ4v) is 4.94. The third kappa shape index (κ3) is 3.58. The summed E-state index contributed by atoms with van der Waals surface area (Å²) in [5.74, 6) is 2.52. The van der Waals surface area contributed by atoms with Crippen molar-refractivity contribution in [2.24, 2.45) is 5.92 Å². The van der Waals surface area contributed by atoms with Crippen molar-refractivity contribution in [2.75, 3.05) is 18.5 Å². The number of aromatic nitrogens is 2. The Kier molecular flexibility index (Phi) is 5.15. The molecule has 6 heteroatoms. The van der Waals surface area contributed by atoms with E-state index in [1.807, 2.05) is 11.8 Å². The van der Waals surface area contributed by atoms with E-state index in [1.54, 1.807) is 11.9 Å². The van der Waals surface area contributed by atoms with Gasteiger partial charge in [0.2, 0.25) is 11.8 Å². The first-order valence-corrected chi connectivity index (χ1v) is 10.5. The summed E-state index contributed by atoms with van der Waals surface area (Å²) in [6.07, 6.45) is 9.99. The number of fused-ring (bicyclic) bond motifs is 1. The van der Waals surface area contributed by atoms with Gasteiger partial charge in [0.15, 0.2) is 5.82 Å². The highest BCUT2D eigenvalue weighted by Crippen LogP contribution is 2.35. The molecule has 6 nitrogen and oxygen atoms in total. The van der Waals surface area contributed by atoms with Gasteiger partial charge in [0.25, 0.3) is 0 Å². The zero-order chi connectivity index (χ0) is 19.0. The minimum atomic E-state index is -0.0458. The number of carbonyl (C=O) groups excluding carboxylic acids is 2. The number of rotatable bonds is 4. The van der Waals surface area contributed by atoms with Crippen molar-refractivity contribution in [1.82, 2.24) is 14.9 Å². The Labute approximate surface area is 161 Å². The first-order valence-electron chi connectivity index (χ1n) is 10.5.